The smallest absolute Gasteiger partial charge is 0.351 e. The van der Waals surface area contributed by atoms with Gasteiger partial charge in [-0.05, 0) is 38.5 Å². The summed E-state index contributed by atoms with van der Waals surface area (Å²) in [6.07, 6.45) is 2.56. The molecule has 0 fully saturated rings. The fourth-order valence-electron chi connectivity index (χ4n) is 3.83. The van der Waals surface area contributed by atoms with E-state index in [0.717, 1.165) is 10.6 Å². The van der Waals surface area contributed by atoms with E-state index in [0.29, 0.717) is 47.7 Å². The Labute approximate surface area is 249 Å². The van der Waals surface area contributed by atoms with E-state index in [1.165, 1.54) is 0 Å². The van der Waals surface area contributed by atoms with Gasteiger partial charge in [0.1, 0.15) is 0 Å². The SMILES string of the molecule is C[N+](C)(C)CCCCCCNC(=O)C(F)(F)C(F)(F)C(F)(F)C(F)(F)C(F)(F)C(F)(F)C(=O)NCCCCCC[N+](C)(C)C. The quantitative estimate of drug-likeness (QED) is 0.0954. The number of unbranched alkanes of at least 4 members (excludes halogenated alkanes) is 6. The van der Waals surface area contributed by atoms with Crippen molar-refractivity contribution >= 4 is 11.8 Å². The van der Waals surface area contributed by atoms with Crippen molar-refractivity contribution in [2.24, 2.45) is 0 Å². The van der Waals surface area contributed by atoms with E-state index in [4.69, 9.17) is 0 Å². The zero-order valence-corrected chi connectivity index (χ0v) is 25.7. The van der Waals surface area contributed by atoms with Gasteiger partial charge in [-0.1, -0.05) is 12.8 Å². The molecular weight excluding hydrogens is 628 g/mol. The molecule has 18 heteroatoms. The lowest BCUT2D eigenvalue weighted by Crippen LogP contribution is -2.73. The van der Waals surface area contributed by atoms with Crippen molar-refractivity contribution in [2.75, 3.05) is 68.5 Å². The third-order valence-electron chi connectivity index (χ3n) is 6.62. The molecule has 0 aliphatic rings. The highest BCUT2D eigenvalue weighted by Gasteiger charge is 2.92. The van der Waals surface area contributed by atoms with Crippen LogP contribution >= 0.6 is 0 Å². The Morgan fingerprint density at radius 1 is 0.432 bits per heavy atom. The lowest BCUT2D eigenvalue weighted by atomic mass is 9.90. The molecule has 262 valence electrons. The van der Waals surface area contributed by atoms with Crippen LogP contribution in [-0.4, -0.2) is 125 Å². The van der Waals surface area contributed by atoms with Gasteiger partial charge in [-0.3, -0.25) is 9.59 Å². The van der Waals surface area contributed by atoms with E-state index in [-0.39, 0.29) is 25.7 Å². The fraction of sp³-hybridized carbons (Fsp3) is 0.923. The standard InChI is InChI=1S/C26H42F12N4O2/c1-41(2,3)17-13-9-7-11-15-39-19(43)21(27,28)23(31,32)25(35,36)26(37,38)24(33,34)22(29,30)20(44)40-16-12-8-10-14-18-42(4,5)6/h7-18H2,1-6H3/p+2. The largest absolute Gasteiger partial charge is 0.392 e. The van der Waals surface area contributed by atoms with Crippen LogP contribution in [0.5, 0.6) is 0 Å². The summed E-state index contributed by atoms with van der Waals surface area (Å²) in [5, 5.41) is 2.29. The molecule has 0 heterocycles. The molecule has 0 aromatic heterocycles. The van der Waals surface area contributed by atoms with Gasteiger partial charge in [-0.25, -0.2) is 0 Å². The number of hydrogen-bond acceptors (Lipinski definition) is 2. The van der Waals surface area contributed by atoms with Crippen LogP contribution in [0.25, 0.3) is 0 Å². The Balaban J connectivity index is 5.46. The zero-order valence-electron chi connectivity index (χ0n) is 25.7. The van der Waals surface area contributed by atoms with Gasteiger partial charge in [0, 0.05) is 13.1 Å². The average Bonchev–Trinajstić information content (AvgIpc) is 2.85. The van der Waals surface area contributed by atoms with Crippen molar-refractivity contribution < 1.29 is 71.2 Å². The second kappa shape index (κ2) is 15.1. The molecule has 0 unspecified atom stereocenters. The van der Waals surface area contributed by atoms with Crippen molar-refractivity contribution in [2.45, 2.75) is 86.9 Å². The molecule has 0 aromatic rings. The number of hydrogen-bond donors (Lipinski definition) is 2. The maximum absolute atomic E-state index is 14.1. The molecule has 0 radical (unpaired) electrons. The maximum Gasteiger partial charge on any atom is 0.392 e. The van der Waals surface area contributed by atoms with Gasteiger partial charge in [0.25, 0.3) is 11.8 Å². The minimum Gasteiger partial charge on any atom is -0.351 e. The summed E-state index contributed by atoms with van der Waals surface area (Å²) in [5.41, 5.74) is 0. The Bertz CT molecular complexity index is 859. The van der Waals surface area contributed by atoms with Crippen molar-refractivity contribution in [3.63, 3.8) is 0 Å². The molecule has 2 N–H and O–H groups in total. The van der Waals surface area contributed by atoms with E-state index < -0.39 is 60.4 Å². The van der Waals surface area contributed by atoms with Crippen LogP contribution in [0.15, 0.2) is 0 Å². The van der Waals surface area contributed by atoms with Crippen LogP contribution in [0.2, 0.25) is 0 Å². The van der Waals surface area contributed by atoms with E-state index >= 15 is 0 Å². The van der Waals surface area contributed by atoms with Gasteiger partial charge >= 0.3 is 35.5 Å². The maximum atomic E-state index is 14.1. The Hall–Kier alpha value is -1.98. The number of carbonyl (C=O) groups excluding carboxylic acids is 2. The van der Waals surface area contributed by atoms with E-state index in [9.17, 15) is 62.3 Å². The van der Waals surface area contributed by atoms with Crippen LogP contribution in [0, 0.1) is 0 Å². The van der Waals surface area contributed by atoms with Crippen LogP contribution in [0.4, 0.5) is 52.7 Å². The topological polar surface area (TPSA) is 58.2 Å². The van der Waals surface area contributed by atoms with Crippen LogP contribution in [0.1, 0.15) is 51.4 Å². The van der Waals surface area contributed by atoms with E-state index in [1.807, 2.05) is 42.3 Å². The van der Waals surface area contributed by atoms with Crippen LogP contribution < -0.4 is 10.6 Å². The average molecular weight is 673 g/mol. The molecule has 44 heavy (non-hydrogen) atoms. The first kappa shape index (κ1) is 42.0. The van der Waals surface area contributed by atoms with Gasteiger partial charge in [-0.2, -0.15) is 52.7 Å². The predicted octanol–water partition coefficient (Wildman–Crippen LogP) is 5.56. The van der Waals surface area contributed by atoms with E-state index in [2.05, 4.69) is 0 Å². The number of carbonyl (C=O) groups is 2. The second-order valence-corrected chi connectivity index (χ2v) is 12.8. The fourth-order valence-corrected chi connectivity index (χ4v) is 3.83. The molecule has 0 spiro atoms. The number of alkyl halides is 12. The molecule has 0 aliphatic heterocycles. The van der Waals surface area contributed by atoms with Gasteiger partial charge in [-0.15, -0.1) is 0 Å². The summed E-state index contributed by atoms with van der Waals surface area (Å²) in [6.45, 7) is -0.187. The van der Waals surface area contributed by atoms with Gasteiger partial charge < -0.3 is 19.6 Å². The van der Waals surface area contributed by atoms with Gasteiger partial charge in [0.2, 0.25) is 0 Å². The summed E-state index contributed by atoms with van der Waals surface area (Å²) < 4.78 is 171. The Morgan fingerprint density at radius 3 is 0.932 bits per heavy atom. The normalized spacial score (nSPS) is 14.5. The Morgan fingerprint density at radius 2 is 0.682 bits per heavy atom. The highest BCUT2D eigenvalue weighted by molar-refractivity contribution is 5.85. The predicted molar refractivity (Wildman–Crippen MR) is 138 cm³/mol. The molecule has 0 saturated carbocycles. The molecular formula is C26H44F12N4O2+2. The Kier molecular flexibility index (Phi) is 14.4. The number of rotatable bonds is 21. The van der Waals surface area contributed by atoms with E-state index in [1.54, 1.807) is 0 Å². The molecule has 2 amide bonds. The van der Waals surface area contributed by atoms with Gasteiger partial charge in [0.05, 0.1) is 55.4 Å². The summed E-state index contributed by atoms with van der Waals surface area (Å²) in [4.78, 5) is 23.2. The summed E-state index contributed by atoms with van der Waals surface area (Å²) in [5.74, 6) is -51.0. The second-order valence-electron chi connectivity index (χ2n) is 12.8. The van der Waals surface area contributed by atoms with Crippen molar-refractivity contribution in [1.29, 1.82) is 0 Å². The first-order valence-electron chi connectivity index (χ1n) is 13.9. The first-order chi connectivity index (χ1) is 19.5. The number of halogens is 12. The lowest BCUT2D eigenvalue weighted by molar-refractivity contribution is -0.870. The molecule has 0 aromatic carbocycles. The monoisotopic (exact) mass is 672 g/mol. The van der Waals surface area contributed by atoms with Crippen LogP contribution in [-0.2, 0) is 9.59 Å². The molecule has 0 rings (SSSR count). The molecule has 0 aliphatic carbocycles. The van der Waals surface area contributed by atoms with Gasteiger partial charge in [0.15, 0.2) is 0 Å². The lowest BCUT2D eigenvalue weighted by Gasteiger charge is -2.40. The number of nitrogens with one attached hydrogen (secondary N) is 2. The van der Waals surface area contributed by atoms with Crippen LogP contribution in [0.3, 0.4) is 0 Å². The summed E-state index contributed by atoms with van der Waals surface area (Å²) in [6, 6.07) is 0. The first-order valence-corrected chi connectivity index (χ1v) is 13.9. The zero-order chi connectivity index (χ0) is 35.1. The molecule has 0 bridgehead atoms. The number of amides is 2. The summed E-state index contributed by atoms with van der Waals surface area (Å²) >= 11 is 0. The van der Waals surface area contributed by atoms with Crippen molar-refractivity contribution in [3.05, 3.63) is 0 Å². The molecule has 6 nitrogen and oxygen atoms in total. The highest BCUT2D eigenvalue weighted by Crippen LogP contribution is 2.60. The number of quaternary nitrogens is 2. The molecule has 0 atom stereocenters. The molecule has 0 saturated heterocycles. The summed E-state index contributed by atoms with van der Waals surface area (Å²) in [7, 11) is 11.3. The van der Waals surface area contributed by atoms with Crippen molar-refractivity contribution in [3.8, 4) is 0 Å². The number of nitrogens with zero attached hydrogens (tertiary/aromatic N) is 2. The minimum atomic E-state index is -7.94. The highest BCUT2D eigenvalue weighted by atomic mass is 19.4. The van der Waals surface area contributed by atoms with Crippen molar-refractivity contribution in [1.82, 2.24) is 10.6 Å². The third-order valence-corrected chi connectivity index (χ3v) is 6.62. The third kappa shape index (κ3) is 10.3. The minimum absolute atomic E-state index is 0.118.